The number of benzene rings is 3. The van der Waals surface area contributed by atoms with Crippen LogP contribution in [0.15, 0.2) is 84.9 Å². The predicted octanol–water partition coefficient (Wildman–Crippen LogP) is 5.76. The Balaban J connectivity index is 1.51. The first-order valence-electron chi connectivity index (χ1n) is 10.6. The van der Waals surface area contributed by atoms with E-state index in [0.717, 1.165) is 39.7 Å². The molecule has 156 valence electrons. The standard InChI is InChI=1S/C28H21NO3/c30-25(20-11-5-2-6-12-20)18-32-28(31)26-22-13-7-8-14-24(22)29-27-21(15-16-23(26)27)17-19-9-3-1-4-10-19/h1-14,17H,15-16,18H2. The second kappa shape index (κ2) is 8.60. The molecule has 1 heterocycles. The van der Waals surface area contributed by atoms with Crippen molar-refractivity contribution in [2.75, 3.05) is 6.61 Å². The van der Waals surface area contributed by atoms with E-state index in [9.17, 15) is 9.59 Å². The number of carbonyl (C=O) groups is 2. The summed E-state index contributed by atoms with van der Waals surface area (Å²) in [4.78, 5) is 30.5. The minimum atomic E-state index is -0.481. The van der Waals surface area contributed by atoms with Gasteiger partial charge in [-0.25, -0.2) is 9.78 Å². The Morgan fingerprint density at radius 2 is 1.53 bits per heavy atom. The summed E-state index contributed by atoms with van der Waals surface area (Å²) in [5.41, 5.74) is 5.72. The van der Waals surface area contributed by atoms with Crippen LogP contribution >= 0.6 is 0 Å². The third-order valence-electron chi connectivity index (χ3n) is 5.72. The zero-order valence-electron chi connectivity index (χ0n) is 17.5. The summed E-state index contributed by atoms with van der Waals surface area (Å²) in [5, 5.41) is 0.754. The minimum Gasteiger partial charge on any atom is -0.454 e. The summed E-state index contributed by atoms with van der Waals surface area (Å²) in [5.74, 6) is -0.705. The van der Waals surface area contributed by atoms with E-state index in [1.165, 1.54) is 0 Å². The van der Waals surface area contributed by atoms with Gasteiger partial charge in [-0.15, -0.1) is 0 Å². The second-order valence-electron chi connectivity index (χ2n) is 7.78. The van der Waals surface area contributed by atoms with Crippen LogP contribution in [0.5, 0.6) is 0 Å². The van der Waals surface area contributed by atoms with E-state index >= 15 is 0 Å². The van der Waals surface area contributed by atoms with Crippen LogP contribution in [-0.2, 0) is 11.2 Å². The van der Waals surface area contributed by atoms with Gasteiger partial charge in [0.25, 0.3) is 0 Å². The van der Waals surface area contributed by atoms with Gasteiger partial charge in [0.15, 0.2) is 12.4 Å². The fraction of sp³-hybridized carbons (Fsp3) is 0.107. The van der Waals surface area contributed by atoms with Crippen molar-refractivity contribution in [3.63, 3.8) is 0 Å². The van der Waals surface area contributed by atoms with Crippen LogP contribution in [0.3, 0.4) is 0 Å². The molecule has 4 heteroatoms. The largest absolute Gasteiger partial charge is 0.454 e. The molecule has 0 saturated heterocycles. The van der Waals surface area contributed by atoms with E-state index in [0.29, 0.717) is 17.5 Å². The van der Waals surface area contributed by atoms with Crippen molar-refractivity contribution >= 4 is 34.3 Å². The number of ether oxygens (including phenoxy) is 1. The number of nitrogens with zero attached hydrogens (tertiary/aromatic N) is 1. The Morgan fingerprint density at radius 3 is 2.31 bits per heavy atom. The van der Waals surface area contributed by atoms with E-state index in [2.05, 4.69) is 18.2 Å². The van der Waals surface area contributed by atoms with Gasteiger partial charge in [0.05, 0.1) is 16.8 Å². The lowest BCUT2D eigenvalue weighted by Crippen LogP contribution is -2.16. The summed E-state index contributed by atoms with van der Waals surface area (Å²) in [6, 6.07) is 26.5. The predicted molar refractivity (Wildman–Crippen MR) is 125 cm³/mol. The monoisotopic (exact) mass is 419 g/mol. The van der Waals surface area contributed by atoms with Gasteiger partial charge in [-0.1, -0.05) is 78.9 Å². The molecule has 0 atom stereocenters. The molecule has 0 radical (unpaired) electrons. The number of hydrogen-bond acceptors (Lipinski definition) is 4. The van der Waals surface area contributed by atoms with Crippen molar-refractivity contribution < 1.29 is 14.3 Å². The van der Waals surface area contributed by atoms with Crippen LogP contribution in [0.1, 0.15) is 44.0 Å². The van der Waals surface area contributed by atoms with Crippen LogP contribution in [0.4, 0.5) is 0 Å². The van der Waals surface area contributed by atoms with Gasteiger partial charge < -0.3 is 4.74 Å². The first-order valence-corrected chi connectivity index (χ1v) is 10.6. The van der Waals surface area contributed by atoms with Crippen LogP contribution in [0.2, 0.25) is 0 Å². The summed E-state index contributed by atoms with van der Waals surface area (Å²) in [6.45, 7) is -0.291. The van der Waals surface area contributed by atoms with Crippen molar-refractivity contribution in [3.05, 3.63) is 113 Å². The van der Waals surface area contributed by atoms with Gasteiger partial charge in [0, 0.05) is 10.9 Å². The zero-order chi connectivity index (χ0) is 21.9. The quantitative estimate of drug-likeness (QED) is 0.305. The van der Waals surface area contributed by atoms with Gasteiger partial charge in [0.1, 0.15) is 0 Å². The molecule has 1 aromatic heterocycles. The number of carbonyl (C=O) groups excluding carboxylic acids is 2. The van der Waals surface area contributed by atoms with E-state index in [-0.39, 0.29) is 12.4 Å². The van der Waals surface area contributed by atoms with Gasteiger partial charge in [0.2, 0.25) is 0 Å². The number of fused-ring (bicyclic) bond motifs is 2. The summed E-state index contributed by atoms with van der Waals surface area (Å²) >= 11 is 0. The van der Waals surface area contributed by atoms with E-state index < -0.39 is 5.97 Å². The number of pyridine rings is 1. The molecule has 5 rings (SSSR count). The Morgan fingerprint density at radius 1 is 0.844 bits per heavy atom. The molecule has 0 amide bonds. The van der Waals surface area contributed by atoms with Crippen LogP contribution in [-0.4, -0.2) is 23.3 Å². The molecule has 3 aromatic carbocycles. The SMILES string of the molecule is O=C(COC(=O)c1c2c(nc3ccccc13)C(=Cc1ccccc1)CC2)c1ccccc1. The number of ketones is 1. The van der Waals surface area contributed by atoms with E-state index in [1.807, 2.05) is 48.5 Å². The first kappa shape index (κ1) is 19.9. The minimum absolute atomic E-state index is 0.224. The Labute approximate surface area is 186 Å². The molecule has 32 heavy (non-hydrogen) atoms. The molecular weight excluding hydrogens is 398 g/mol. The molecule has 1 aliphatic carbocycles. The second-order valence-corrected chi connectivity index (χ2v) is 7.78. The Hall–Kier alpha value is -4.05. The number of allylic oxidation sites excluding steroid dienone is 1. The number of para-hydroxylation sites is 1. The lowest BCUT2D eigenvalue weighted by Gasteiger charge is -2.12. The molecule has 1 aliphatic rings. The first-order chi connectivity index (χ1) is 15.7. The fourth-order valence-electron chi connectivity index (χ4n) is 4.17. The average Bonchev–Trinajstić information content (AvgIpc) is 3.23. The van der Waals surface area contributed by atoms with E-state index in [4.69, 9.17) is 9.72 Å². The van der Waals surface area contributed by atoms with Gasteiger partial charge in [-0.05, 0) is 41.7 Å². The molecule has 0 fully saturated rings. The van der Waals surface area contributed by atoms with Crippen LogP contribution < -0.4 is 0 Å². The van der Waals surface area contributed by atoms with E-state index in [1.54, 1.807) is 24.3 Å². The average molecular weight is 419 g/mol. The molecule has 4 aromatic rings. The maximum atomic E-state index is 13.2. The Bertz CT molecular complexity index is 1340. The fourth-order valence-corrected chi connectivity index (χ4v) is 4.17. The van der Waals surface area contributed by atoms with Crippen LogP contribution in [0.25, 0.3) is 22.6 Å². The topological polar surface area (TPSA) is 56.3 Å². The Kier molecular flexibility index (Phi) is 5.34. The lowest BCUT2D eigenvalue weighted by molar-refractivity contribution is 0.0475. The maximum Gasteiger partial charge on any atom is 0.339 e. The summed E-state index contributed by atoms with van der Waals surface area (Å²) in [7, 11) is 0. The molecular formula is C28H21NO3. The molecule has 0 spiro atoms. The number of hydrogen-bond donors (Lipinski definition) is 0. The number of rotatable bonds is 5. The molecule has 0 aliphatic heterocycles. The summed E-state index contributed by atoms with van der Waals surface area (Å²) in [6.07, 6.45) is 3.64. The lowest BCUT2D eigenvalue weighted by atomic mass is 10.0. The molecule has 0 unspecified atom stereocenters. The third-order valence-corrected chi connectivity index (χ3v) is 5.72. The highest BCUT2D eigenvalue weighted by atomic mass is 16.5. The number of esters is 1. The van der Waals surface area contributed by atoms with Crippen molar-refractivity contribution in [2.24, 2.45) is 0 Å². The molecule has 0 N–H and O–H groups in total. The zero-order valence-corrected chi connectivity index (χ0v) is 17.5. The number of Topliss-reactive ketones (excluding diaryl/α,β-unsaturated/α-hetero) is 1. The van der Waals surface area contributed by atoms with Crippen molar-refractivity contribution in [2.45, 2.75) is 12.8 Å². The van der Waals surface area contributed by atoms with Gasteiger partial charge in [-0.2, -0.15) is 0 Å². The highest BCUT2D eigenvalue weighted by molar-refractivity contribution is 6.08. The van der Waals surface area contributed by atoms with Gasteiger partial charge in [-0.3, -0.25) is 4.79 Å². The maximum absolute atomic E-state index is 13.2. The highest BCUT2D eigenvalue weighted by Crippen LogP contribution is 2.37. The molecule has 0 saturated carbocycles. The van der Waals surface area contributed by atoms with Gasteiger partial charge >= 0.3 is 5.97 Å². The third kappa shape index (κ3) is 3.83. The molecule has 0 bridgehead atoms. The van der Waals surface area contributed by atoms with Crippen molar-refractivity contribution in [1.29, 1.82) is 0 Å². The van der Waals surface area contributed by atoms with Crippen molar-refractivity contribution in [3.8, 4) is 0 Å². The molecule has 4 nitrogen and oxygen atoms in total. The summed E-state index contributed by atoms with van der Waals surface area (Å²) < 4.78 is 5.50. The normalized spacial score (nSPS) is 13.8. The smallest absolute Gasteiger partial charge is 0.339 e. The van der Waals surface area contributed by atoms with Crippen molar-refractivity contribution in [1.82, 2.24) is 4.98 Å². The highest BCUT2D eigenvalue weighted by Gasteiger charge is 2.28. The van der Waals surface area contributed by atoms with Crippen LogP contribution in [0, 0.1) is 0 Å². The number of aromatic nitrogens is 1.